The van der Waals surface area contributed by atoms with Crippen molar-refractivity contribution in [1.82, 2.24) is 0 Å². The van der Waals surface area contributed by atoms with Gasteiger partial charge in [-0.15, -0.1) is 4.78 Å². The van der Waals surface area contributed by atoms with Crippen LogP contribution in [0.4, 0.5) is 0 Å². The normalized spacial score (nSPS) is 53.4. The minimum atomic E-state index is 0.611. The summed E-state index contributed by atoms with van der Waals surface area (Å²) in [5.41, 5.74) is 1.24. The molecule has 0 aromatic heterocycles. The lowest BCUT2D eigenvalue weighted by Crippen LogP contribution is -2.29. The Labute approximate surface area is 78.2 Å². The van der Waals surface area contributed by atoms with Crippen LogP contribution in [0.25, 0.3) is 0 Å². The Balaban J connectivity index is 2.40. The molecule has 2 bridgehead atoms. The van der Waals surface area contributed by atoms with E-state index in [1.54, 1.807) is 0 Å². The Kier molecular flexibility index (Phi) is 1.53. The highest BCUT2D eigenvalue weighted by atomic mass is 27.0. The van der Waals surface area contributed by atoms with Crippen LogP contribution in [0.2, 0.25) is 4.78 Å². The molecule has 0 aliphatic heterocycles. The zero-order chi connectivity index (χ0) is 8.28. The van der Waals surface area contributed by atoms with Crippen LogP contribution in [0.5, 0.6) is 0 Å². The molecule has 0 heterocycles. The van der Waals surface area contributed by atoms with E-state index < -0.39 is 0 Å². The minimum absolute atomic E-state index is 0.611. The van der Waals surface area contributed by atoms with Crippen LogP contribution in [-0.2, 0) is 0 Å². The van der Waals surface area contributed by atoms with Gasteiger partial charge in [0.2, 0.25) is 0 Å². The van der Waals surface area contributed by atoms with Gasteiger partial charge in [-0.1, -0.05) is 27.2 Å². The van der Waals surface area contributed by atoms with Gasteiger partial charge in [0.05, 0.1) is 0 Å². The lowest BCUT2D eigenvalue weighted by atomic mass is 9.71. The Hall–Kier alpha value is 0.532. The van der Waals surface area contributed by atoms with Crippen LogP contribution in [0.15, 0.2) is 0 Å². The van der Waals surface area contributed by atoms with E-state index in [9.17, 15) is 0 Å². The fourth-order valence-electron chi connectivity index (χ4n) is 3.27. The van der Waals surface area contributed by atoms with E-state index in [4.69, 9.17) is 0 Å². The average Bonchev–Trinajstić information content (AvgIpc) is 2.20. The number of hydrogen-bond acceptors (Lipinski definition) is 0. The molecule has 1 heteroatoms. The minimum Gasteiger partial charge on any atom is -0.101 e. The van der Waals surface area contributed by atoms with Gasteiger partial charge < -0.3 is 0 Å². The topological polar surface area (TPSA) is 0 Å². The monoisotopic (exact) mass is 164 g/mol. The molecule has 0 amide bonds. The first kappa shape index (κ1) is 8.15. The summed E-state index contributed by atoms with van der Waals surface area (Å²) in [4.78, 5) is 0. The molecule has 0 aromatic carbocycles. The van der Waals surface area contributed by atoms with Crippen LogP contribution in [0.1, 0.15) is 40.0 Å². The van der Waals surface area contributed by atoms with Gasteiger partial charge in [-0.25, -0.2) is 0 Å². The average molecular weight is 164 g/mol. The van der Waals surface area contributed by atoms with Gasteiger partial charge >= 0.3 is 0 Å². The van der Waals surface area contributed by atoms with E-state index in [0.29, 0.717) is 10.8 Å². The maximum absolute atomic E-state index is 3.06. The highest BCUT2D eigenvalue weighted by molar-refractivity contribution is 6.12. The van der Waals surface area contributed by atoms with Crippen molar-refractivity contribution in [3.05, 3.63) is 0 Å². The number of rotatable bonds is 0. The van der Waals surface area contributed by atoms with Crippen LogP contribution >= 0.6 is 0 Å². The van der Waals surface area contributed by atoms with Gasteiger partial charge in [0.1, 0.15) is 16.3 Å². The predicted molar refractivity (Wildman–Crippen MR) is 48.7 cm³/mol. The quantitative estimate of drug-likeness (QED) is 0.483. The van der Waals surface area contributed by atoms with E-state index in [0.717, 1.165) is 10.7 Å². The van der Waals surface area contributed by atoms with Crippen molar-refractivity contribution in [3.63, 3.8) is 0 Å². The van der Waals surface area contributed by atoms with Gasteiger partial charge in [-0.05, 0) is 29.6 Å². The summed E-state index contributed by atoms with van der Waals surface area (Å²) in [5.74, 6) is 1.01. The summed E-state index contributed by atoms with van der Waals surface area (Å²) in [5, 5.41) is 0. The molecule has 60 valence electrons. The zero-order valence-electron chi connectivity index (χ0n) is 7.85. The molecule has 2 rings (SSSR count). The maximum atomic E-state index is 3.06. The third-order valence-electron chi connectivity index (χ3n) is 4.86. The smallest absolute Gasteiger partial charge is 0.101 e. The molecule has 0 aromatic rings. The second-order valence-electron chi connectivity index (χ2n) is 5.22. The van der Waals surface area contributed by atoms with Crippen molar-refractivity contribution >= 4 is 16.3 Å². The van der Waals surface area contributed by atoms with E-state index in [-0.39, 0.29) is 0 Å². The summed E-state index contributed by atoms with van der Waals surface area (Å²) in [7, 11) is 0. The molecule has 2 aliphatic carbocycles. The van der Waals surface area contributed by atoms with Gasteiger partial charge in [0, 0.05) is 0 Å². The van der Waals surface area contributed by atoms with E-state index >= 15 is 0 Å². The van der Waals surface area contributed by atoms with Crippen LogP contribution < -0.4 is 0 Å². The first-order valence-electron chi connectivity index (χ1n) is 4.74. The standard InChI is InChI=1S/C10H17.Al/c1-9(2)8-4-6-10(9,3)7-5-8;/h6,8H,4-5,7H2,1-3H3;. The summed E-state index contributed by atoms with van der Waals surface area (Å²) in [6.45, 7) is 7.42. The van der Waals surface area contributed by atoms with Crippen LogP contribution in [-0.4, -0.2) is 16.3 Å². The first-order valence-corrected chi connectivity index (χ1v) is 5.41. The Morgan fingerprint density at radius 3 is 2.09 bits per heavy atom. The zero-order valence-corrected chi connectivity index (χ0v) is 9.01. The van der Waals surface area contributed by atoms with E-state index in [1.807, 2.05) is 0 Å². The molecule has 3 atom stereocenters. The lowest BCUT2D eigenvalue weighted by molar-refractivity contribution is 0.153. The molecule has 2 radical (unpaired) electrons. The van der Waals surface area contributed by atoms with Crippen molar-refractivity contribution in [2.24, 2.45) is 16.7 Å². The third kappa shape index (κ3) is 0.771. The summed E-state index contributed by atoms with van der Waals surface area (Å²) in [6, 6.07) is 0. The molecule has 11 heavy (non-hydrogen) atoms. The summed E-state index contributed by atoms with van der Waals surface area (Å²) >= 11 is 3.06. The molecule has 2 aliphatic rings. The van der Waals surface area contributed by atoms with Gasteiger partial charge in [-0.2, -0.15) is 0 Å². The Bertz CT molecular complexity index is 185. The first-order chi connectivity index (χ1) is 4.98. The van der Waals surface area contributed by atoms with E-state index in [1.165, 1.54) is 19.3 Å². The summed E-state index contributed by atoms with van der Waals surface area (Å²) < 4.78 is 0.885. The lowest BCUT2D eigenvalue weighted by Gasteiger charge is -2.38. The second kappa shape index (κ2) is 2.06. The molecule has 2 saturated carbocycles. The van der Waals surface area contributed by atoms with Gasteiger partial charge in [0.15, 0.2) is 0 Å². The fraction of sp³-hybridized carbons (Fsp3) is 1.00. The van der Waals surface area contributed by atoms with Crippen LogP contribution in [0, 0.1) is 16.7 Å². The highest BCUT2D eigenvalue weighted by Gasteiger charge is 2.58. The Morgan fingerprint density at radius 2 is 1.91 bits per heavy atom. The van der Waals surface area contributed by atoms with Crippen LogP contribution in [0.3, 0.4) is 0 Å². The molecule has 0 N–H and O–H groups in total. The summed E-state index contributed by atoms with van der Waals surface area (Å²) in [6.07, 6.45) is 4.39. The number of hydrogen-bond donors (Lipinski definition) is 0. The van der Waals surface area contributed by atoms with Gasteiger partial charge in [-0.3, -0.25) is 0 Å². The second-order valence-corrected chi connectivity index (χ2v) is 6.02. The van der Waals surface area contributed by atoms with E-state index in [2.05, 4.69) is 37.1 Å². The van der Waals surface area contributed by atoms with Crippen molar-refractivity contribution in [2.75, 3.05) is 0 Å². The molecule has 0 nitrogen and oxygen atoms in total. The molecular weight excluding hydrogens is 147 g/mol. The third-order valence-corrected chi connectivity index (χ3v) is 5.87. The van der Waals surface area contributed by atoms with Crippen molar-refractivity contribution in [2.45, 2.75) is 44.8 Å². The maximum Gasteiger partial charge on any atom is 0.124 e. The molecule has 3 unspecified atom stereocenters. The highest BCUT2D eigenvalue weighted by Crippen LogP contribution is 2.69. The predicted octanol–water partition coefficient (Wildman–Crippen LogP) is 2.79. The molecule has 0 spiro atoms. The van der Waals surface area contributed by atoms with Crippen molar-refractivity contribution in [3.8, 4) is 0 Å². The largest absolute Gasteiger partial charge is 0.124 e. The molecule has 0 saturated heterocycles. The van der Waals surface area contributed by atoms with Gasteiger partial charge in [0.25, 0.3) is 0 Å². The SMILES string of the molecule is CC1(C)C2CCC1(C)[CH]([Al])C2. The Morgan fingerprint density at radius 1 is 1.27 bits per heavy atom. The van der Waals surface area contributed by atoms with Crippen molar-refractivity contribution in [1.29, 1.82) is 0 Å². The fourth-order valence-corrected chi connectivity index (χ4v) is 4.19. The van der Waals surface area contributed by atoms with Crippen molar-refractivity contribution < 1.29 is 0 Å². The molecular formula is C10H17Al. The molecule has 2 fully saturated rings. The number of fused-ring (bicyclic) bond motifs is 2.